The topological polar surface area (TPSA) is 72.4 Å². The molecule has 1 aliphatic heterocycles. The molecule has 1 fully saturated rings. The van der Waals surface area contributed by atoms with E-state index in [0.29, 0.717) is 5.95 Å². The fourth-order valence-corrected chi connectivity index (χ4v) is 2.34. The molecule has 7 heteroatoms. The van der Waals surface area contributed by atoms with Crippen LogP contribution < -0.4 is 14.8 Å². The predicted molar refractivity (Wildman–Crippen MR) is 76.3 cm³/mol. The van der Waals surface area contributed by atoms with E-state index in [2.05, 4.69) is 32.2 Å². The molecule has 2 rings (SSSR count). The minimum Gasteiger partial charge on any atom is -0.467 e. The van der Waals surface area contributed by atoms with Gasteiger partial charge < -0.3 is 19.7 Å². The third-order valence-electron chi connectivity index (χ3n) is 3.63. The standard InChI is InChI=1S/C13H23N5O2/c1-18-8-5-10(6-9-18)4-7-14-11-15-12(19-2)17-13(16-11)20-3/h10H,4-9H2,1-3H3,(H,14,15,16,17). The highest BCUT2D eigenvalue weighted by atomic mass is 16.5. The van der Waals surface area contributed by atoms with Crippen LogP contribution in [0.5, 0.6) is 12.0 Å². The Morgan fingerprint density at radius 1 is 1.10 bits per heavy atom. The van der Waals surface area contributed by atoms with Crippen LogP contribution in [0, 0.1) is 5.92 Å². The number of anilines is 1. The van der Waals surface area contributed by atoms with Crippen molar-refractivity contribution >= 4 is 5.95 Å². The van der Waals surface area contributed by atoms with Crippen LogP contribution in [0.25, 0.3) is 0 Å². The molecule has 1 saturated heterocycles. The number of hydrogen-bond acceptors (Lipinski definition) is 7. The smallest absolute Gasteiger partial charge is 0.324 e. The molecule has 2 heterocycles. The van der Waals surface area contributed by atoms with E-state index in [1.54, 1.807) is 0 Å². The summed E-state index contributed by atoms with van der Waals surface area (Å²) in [7, 11) is 5.23. The quantitative estimate of drug-likeness (QED) is 0.835. The summed E-state index contributed by atoms with van der Waals surface area (Å²) in [5, 5.41) is 3.22. The Hall–Kier alpha value is -1.63. The number of likely N-dealkylation sites (tertiary alicyclic amines) is 1. The Labute approximate surface area is 119 Å². The molecule has 0 atom stereocenters. The molecule has 7 nitrogen and oxygen atoms in total. The average Bonchev–Trinajstić information content (AvgIpc) is 2.49. The second kappa shape index (κ2) is 7.23. The highest BCUT2D eigenvalue weighted by molar-refractivity contribution is 5.27. The van der Waals surface area contributed by atoms with Gasteiger partial charge in [-0.05, 0) is 45.3 Å². The van der Waals surface area contributed by atoms with Crippen molar-refractivity contribution in [2.75, 3.05) is 46.2 Å². The summed E-state index contributed by atoms with van der Waals surface area (Å²) in [6.07, 6.45) is 3.66. The number of methoxy groups -OCH3 is 2. The van der Waals surface area contributed by atoms with Crippen molar-refractivity contribution in [2.45, 2.75) is 19.3 Å². The Balaban J connectivity index is 1.81. The van der Waals surface area contributed by atoms with Gasteiger partial charge in [0.05, 0.1) is 14.2 Å². The number of rotatable bonds is 6. The Morgan fingerprint density at radius 3 is 2.25 bits per heavy atom. The van der Waals surface area contributed by atoms with Gasteiger partial charge in [0, 0.05) is 6.54 Å². The molecule has 1 aliphatic rings. The van der Waals surface area contributed by atoms with E-state index >= 15 is 0 Å². The lowest BCUT2D eigenvalue weighted by Gasteiger charge is -2.28. The van der Waals surface area contributed by atoms with Crippen molar-refractivity contribution in [3.63, 3.8) is 0 Å². The largest absolute Gasteiger partial charge is 0.467 e. The highest BCUT2D eigenvalue weighted by Crippen LogP contribution is 2.19. The van der Waals surface area contributed by atoms with E-state index in [4.69, 9.17) is 9.47 Å². The first-order valence-electron chi connectivity index (χ1n) is 6.97. The van der Waals surface area contributed by atoms with Gasteiger partial charge in [0.15, 0.2) is 0 Å². The second-order valence-corrected chi connectivity index (χ2v) is 5.09. The number of ether oxygens (including phenoxy) is 2. The van der Waals surface area contributed by atoms with E-state index in [-0.39, 0.29) is 12.0 Å². The molecule has 1 aromatic rings. The fraction of sp³-hybridized carbons (Fsp3) is 0.769. The summed E-state index contributed by atoms with van der Waals surface area (Å²) in [5.41, 5.74) is 0. The summed E-state index contributed by atoms with van der Waals surface area (Å²) in [6, 6.07) is 0.525. The zero-order valence-corrected chi connectivity index (χ0v) is 12.4. The van der Waals surface area contributed by atoms with Crippen LogP contribution in [0.4, 0.5) is 5.95 Å². The van der Waals surface area contributed by atoms with Crippen LogP contribution in [0.1, 0.15) is 19.3 Å². The lowest BCUT2D eigenvalue weighted by Crippen LogP contribution is -2.30. The van der Waals surface area contributed by atoms with Crippen molar-refractivity contribution in [3.8, 4) is 12.0 Å². The number of nitrogens with one attached hydrogen (secondary N) is 1. The number of nitrogens with zero attached hydrogens (tertiary/aromatic N) is 4. The number of aromatic nitrogens is 3. The predicted octanol–water partition coefficient (Wildman–Crippen LogP) is 1.03. The van der Waals surface area contributed by atoms with Gasteiger partial charge in [0.2, 0.25) is 5.95 Å². The van der Waals surface area contributed by atoms with E-state index in [1.165, 1.54) is 40.2 Å². The first kappa shape index (κ1) is 14.8. The Bertz CT molecular complexity index is 399. The molecule has 1 aromatic heterocycles. The molecule has 0 spiro atoms. The summed E-state index contributed by atoms with van der Waals surface area (Å²) in [5.74, 6) is 1.28. The van der Waals surface area contributed by atoms with Gasteiger partial charge in [-0.1, -0.05) is 0 Å². The molecule has 0 amide bonds. The van der Waals surface area contributed by atoms with Crippen molar-refractivity contribution in [2.24, 2.45) is 5.92 Å². The summed E-state index contributed by atoms with van der Waals surface area (Å²) >= 11 is 0. The maximum atomic E-state index is 5.02. The molecule has 0 saturated carbocycles. The average molecular weight is 281 g/mol. The Morgan fingerprint density at radius 2 is 1.70 bits per heavy atom. The molecule has 0 aliphatic carbocycles. The SMILES string of the molecule is COc1nc(NCCC2CCN(C)CC2)nc(OC)n1. The maximum Gasteiger partial charge on any atom is 0.324 e. The minimum absolute atomic E-state index is 0.263. The monoisotopic (exact) mass is 281 g/mol. The normalized spacial score (nSPS) is 16.9. The van der Waals surface area contributed by atoms with Crippen LogP contribution in [0.15, 0.2) is 0 Å². The lowest BCUT2D eigenvalue weighted by molar-refractivity contribution is 0.215. The van der Waals surface area contributed by atoms with Crippen molar-refractivity contribution in [1.82, 2.24) is 19.9 Å². The fourth-order valence-electron chi connectivity index (χ4n) is 2.34. The summed E-state index contributed by atoms with van der Waals surface area (Å²) in [6.45, 7) is 3.24. The number of piperidine rings is 1. The van der Waals surface area contributed by atoms with Crippen molar-refractivity contribution in [3.05, 3.63) is 0 Å². The van der Waals surface area contributed by atoms with E-state index in [0.717, 1.165) is 18.9 Å². The van der Waals surface area contributed by atoms with E-state index in [9.17, 15) is 0 Å². The number of hydrogen-bond donors (Lipinski definition) is 1. The van der Waals surface area contributed by atoms with Gasteiger partial charge in [0.1, 0.15) is 0 Å². The van der Waals surface area contributed by atoms with Crippen molar-refractivity contribution < 1.29 is 9.47 Å². The zero-order chi connectivity index (χ0) is 14.4. The van der Waals surface area contributed by atoms with Gasteiger partial charge in [-0.15, -0.1) is 4.98 Å². The first-order valence-corrected chi connectivity index (χ1v) is 6.97. The Kier molecular flexibility index (Phi) is 5.34. The molecular formula is C13H23N5O2. The lowest BCUT2D eigenvalue weighted by atomic mass is 9.94. The molecule has 112 valence electrons. The molecule has 0 aromatic carbocycles. The van der Waals surface area contributed by atoms with Crippen LogP contribution >= 0.6 is 0 Å². The molecule has 0 bridgehead atoms. The van der Waals surface area contributed by atoms with Gasteiger partial charge in [0.25, 0.3) is 0 Å². The molecule has 20 heavy (non-hydrogen) atoms. The summed E-state index contributed by atoms with van der Waals surface area (Å²) in [4.78, 5) is 14.6. The van der Waals surface area contributed by atoms with Gasteiger partial charge >= 0.3 is 12.0 Å². The van der Waals surface area contributed by atoms with Crippen LogP contribution in [-0.4, -0.2) is 60.8 Å². The van der Waals surface area contributed by atoms with Crippen LogP contribution in [0.2, 0.25) is 0 Å². The second-order valence-electron chi connectivity index (χ2n) is 5.09. The van der Waals surface area contributed by atoms with Gasteiger partial charge in [-0.25, -0.2) is 0 Å². The third-order valence-corrected chi connectivity index (χ3v) is 3.63. The maximum absolute atomic E-state index is 5.02. The van der Waals surface area contributed by atoms with Crippen molar-refractivity contribution in [1.29, 1.82) is 0 Å². The van der Waals surface area contributed by atoms with E-state index in [1.807, 2.05) is 0 Å². The molecule has 0 unspecified atom stereocenters. The van der Waals surface area contributed by atoms with Crippen LogP contribution in [0.3, 0.4) is 0 Å². The summed E-state index contributed by atoms with van der Waals surface area (Å²) < 4.78 is 10.0. The highest BCUT2D eigenvalue weighted by Gasteiger charge is 2.16. The van der Waals surface area contributed by atoms with E-state index < -0.39 is 0 Å². The van der Waals surface area contributed by atoms with Gasteiger partial charge in [-0.3, -0.25) is 0 Å². The van der Waals surface area contributed by atoms with Crippen LogP contribution in [-0.2, 0) is 0 Å². The zero-order valence-electron chi connectivity index (χ0n) is 12.4. The molecule has 0 radical (unpaired) electrons. The molecular weight excluding hydrogens is 258 g/mol. The third kappa shape index (κ3) is 4.19. The first-order chi connectivity index (χ1) is 9.71. The van der Waals surface area contributed by atoms with Gasteiger partial charge in [-0.2, -0.15) is 9.97 Å². The minimum atomic E-state index is 0.263. The molecule has 1 N–H and O–H groups in total.